The number of anilines is 1. The Morgan fingerprint density at radius 1 is 1.27 bits per heavy atom. The van der Waals surface area contributed by atoms with Crippen molar-refractivity contribution in [1.82, 2.24) is 0 Å². The number of hydrogen-bond acceptors (Lipinski definition) is 2. The van der Waals surface area contributed by atoms with Crippen LogP contribution in [-0.4, -0.2) is 19.0 Å². The normalized spacial score (nSPS) is 21.0. The minimum absolute atomic E-state index is 0.0477. The third-order valence-electron chi connectivity index (χ3n) is 3.98. The Bertz CT molecular complexity index is 640. The summed E-state index contributed by atoms with van der Waals surface area (Å²) in [6.45, 7) is 1.45. The first-order valence-corrected chi connectivity index (χ1v) is 8.90. The maximum Gasteiger partial charge on any atom is 0.279 e. The van der Waals surface area contributed by atoms with Gasteiger partial charge in [0, 0.05) is 12.8 Å². The molecule has 1 saturated heterocycles. The highest BCUT2D eigenvalue weighted by Crippen LogP contribution is 2.29. The molecule has 2 heterocycles. The third kappa shape index (κ3) is 3.46. The minimum atomic E-state index is -0.0477. The zero-order valence-electron chi connectivity index (χ0n) is 11.9. The summed E-state index contributed by atoms with van der Waals surface area (Å²) in [6, 6.07) is 9.86. The van der Waals surface area contributed by atoms with Gasteiger partial charge in [0.25, 0.3) is 5.91 Å². The van der Waals surface area contributed by atoms with Gasteiger partial charge >= 0.3 is 0 Å². The van der Waals surface area contributed by atoms with E-state index < -0.39 is 0 Å². The molecule has 0 aliphatic carbocycles. The molecule has 3 rings (SSSR count). The van der Waals surface area contributed by atoms with Gasteiger partial charge in [-0.05, 0) is 23.6 Å². The second-order valence-electron chi connectivity index (χ2n) is 5.44. The van der Waals surface area contributed by atoms with Gasteiger partial charge in [0.1, 0.15) is 6.04 Å². The van der Waals surface area contributed by atoms with Crippen LogP contribution in [0.2, 0.25) is 10.0 Å². The number of rotatable bonds is 4. The van der Waals surface area contributed by atoms with Gasteiger partial charge in [0.05, 0.1) is 27.2 Å². The number of carbonyl (C=O) groups is 1. The fourth-order valence-electron chi connectivity index (χ4n) is 2.96. The molecule has 0 bridgehead atoms. The smallest absolute Gasteiger partial charge is 0.279 e. The first kappa shape index (κ1) is 15.8. The molecule has 1 aliphatic rings. The summed E-state index contributed by atoms with van der Waals surface area (Å²) < 4.78 is 0. The summed E-state index contributed by atoms with van der Waals surface area (Å²) in [4.78, 5) is 15.0. The zero-order chi connectivity index (χ0) is 15.5. The summed E-state index contributed by atoms with van der Waals surface area (Å²) in [6.07, 6.45) is 2.29. The second kappa shape index (κ2) is 7.01. The fourth-order valence-corrected chi connectivity index (χ4v) is 4.38. The topological polar surface area (TPSA) is 33.5 Å². The highest BCUT2D eigenvalue weighted by atomic mass is 35.5. The van der Waals surface area contributed by atoms with Gasteiger partial charge in [0.15, 0.2) is 6.54 Å². The molecular formula is C16H17Cl2N2OS+. The molecule has 1 fully saturated rings. The molecule has 2 aromatic rings. The van der Waals surface area contributed by atoms with E-state index in [1.54, 1.807) is 29.5 Å². The maximum absolute atomic E-state index is 12.3. The first-order chi connectivity index (χ1) is 10.6. The van der Waals surface area contributed by atoms with Gasteiger partial charge in [-0.1, -0.05) is 35.3 Å². The van der Waals surface area contributed by atoms with Crippen molar-refractivity contribution in [2.45, 2.75) is 18.9 Å². The van der Waals surface area contributed by atoms with Crippen LogP contribution in [0.1, 0.15) is 23.8 Å². The average molecular weight is 356 g/mol. The number of nitrogens with one attached hydrogen (secondary N) is 2. The fraction of sp³-hybridized carbons (Fsp3) is 0.312. The van der Waals surface area contributed by atoms with Crippen molar-refractivity contribution in [3.8, 4) is 0 Å². The predicted molar refractivity (Wildman–Crippen MR) is 92.1 cm³/mol. The van der Waals surface area contributed by atoms with E-state index in [0.29, 0.717) is 28.3 Å². The van der Waals surface area contributed by atoms with Crippen LogP contribution in [0.25, 0.3) is 0 Å². The van der Waals surface area contributed by atoms with Gasteiger partial charge in [0.2, 0.25) is 0 Å². The van der Waals surface area contributed by atoms with Crippen LogP contribution in [0.3, 0.4) is 0 Å². The SMILES string of the molecule is O=C(C[NH+]1CCC[C@H]1c1cccs1)Nc1c(Cl)cccc1Cl. The molecule has 22 heavy (non-hydrogen) atoms. The van der Waals surface area contributed by atoms with Crippen molar-refractivity contribution in [3.63, 3.8) is 0 Å². The standard InChI is InChI=1S/C16H16Cl2N2OS/c17-11-4-1-5-12(18)16(11)19-15(21)10-20-8-2-6-13(20)14-7-3-9-22-14/h1,3-5,7,9,13H,2,6,8,10H2,(H,19,21)/p+1/t13-/m0/s1. The summed E-state index contributed by atoms with van der Waals surface area (Å²) in [5, 5.41) is 5.87. The van der Waals surface area contributed by atoms with Crippen LogP contribution in [-0.2, 0) is 4.79 Å². The van der Waals surface area contributed by atoms with Crippen LogP contribution in [0, 0.1) is 0 Å². The predicted octanol–water partition coefficient (Wildman–Crippen LogP) is 3.41. The number of benzene rings is 1. The monoisotopic (exact) mass is 355 g/mol. The molecule has 6 heteroatoms. The summed E-state index contributed by atoms with van der Waals surface area (Å²) in [5.41, 5.74) is 0.502. The van der Waals surface area contributed by atoms with E-state index >= 15 is 0 Å². The van der Waals surface area contributed by atoms with Gasteiger partial charge in [-0.25, -0.2) is 0 Å². The molecule has 0 saturated carbocycles. The Hall–Kier alpha value is -1.07. The van der Waals surface area contributed by atoms with Crippen molar-refractivity contribution in [1.29, 1.82) is 0 Å². The number of para-hydroxylation sites is 1. The van der Waals surface area contributed by atoms with Gasteiger partial charge < -0.3 is 10.2 Å². The van der Waals surface area contributed by atoms with Crippen LogP contribution in [0.4, 0.5) is 5.69 Å². The van der Waals surface area contributed by atoms with Crippen molar-refractivity contribution >= 4 is 46.1 Å². The van der Waals surface area contributed by atoms with Crippen molar-refractivity contribution < 1.29 is 9.69 Å². The van der Waals surface area contributed by atoms with Crippen LogP contribution < -0.4 is 10.2 Å². The Morgan fingerprint density at radius 3 is 2.73 bits per heavy atom. The van der Waals surface area contributed by atoms with Crippen molar-refractivity contribution in [2.24, 2.45) is 0 Å². The van der Waals surface area contributed by atoms with E-state index in [0.717, 1.165) is 19.4 Å². The molecule has 2 atom stereocenters. The van der Waals surface area contributed by atoms with Crippen LogP contribution in [0.5, 0.6) is 0 Å². The Labute approximate surface area is 143 Å². The lowest BCUT2D eigenvalue weighted by atomic mass is 10.2. The summed E-state index contributed by atoms with van der Waals surface area (Å²) in [5.74, 6) is -0.0477. The lowest BCUT2D eigenvalue weighted by molar-refractivity contribution is -0.910. The molecule has 1 aromatic carbocycles. The first-order valence-electron chi connectivity index (χ1n) is 7.27. The van der Waals surface area contributed by atoms with Crippen molar-refractivity contribution in [3.05, 3.63) is 50.6 Å². The number of hydrogen-bond donors (Lipinski definition) is 2. The molecule has 1 aliphatic heterocycles. The number of halogens is 2. The molecule has 3 nitrogen and oxygen atoms in total. The van der Waals surface area contributed by atoms with E-state index in [2.05, 4.69) is 22.8 Å². The molecule has 116 valence electrons. The minimum Gasteiger partial charge on any atom is -0.320 e. The molecule has 2 N–H and O–H groups in total. The number of likely N-dealkylation sites (tertiary alicyclic amines) is 1. The molecule has 1 amide bonds. The van der Waals surface area contributed by atoms with Crippen molar-refractivity contribution in [2.75, 3.05) is 18.4 Å². The third-order valence-corrected chi connectivity index (χ3v) is 5.60. The van der Waals surface area contributed by atoms with E-state index in [4.69, 9.17) is 23.2 Å². The van der Waals surface area contributed by atoms with Crippen LogP contribution >= 0.6 is 34.5 Å². The molecule has 1 aromatic heterocycles. The Kier molecular flexibility index (Phi) is 5.03. The van der Waals surface area contributed by atoms with Gasteiger partial charge in [-0.15, -0.1) is 11.3 Å². The number of thiophene rings is 1. The van der Waals surface area contributed by atoms with Gasteiger partial charge in [-0.2, -0.15) is 0 Å². The second-order valence-corrected chi connectivity index (χ2v) is 7.23. The highest BCUT2D eigenvalue weighted by molar-refractivity contribution is 7.10. The maximum atomic E-state index is 12.3. The lowest BCUT2D eigenvalue weighted by Gasteiger charge is -2.20. The molecular weight excluding hydrogens is 339 g/mol. The number of amides is 1. The van der Waals surface area contributed by atoms with Crippen LogP contribution in [0.15, 0.2) is 35.7 Å². The van der Waals surface area contributed by atoms with E-state index in [1.165, 1.54) is 9.78 Å². The van der Waals surface area contributed by atoms with E-state index in [-0.39, 0.29) is 5.91 Å². The molecule has 0 spiro atoms. The summed E-state index contributed by atoms with van der Waals surface area (Å²) >= 11 is 14.0. The molecule has 1 unspecified atom stereocenters. The number of carbonyl (C=O) groups excluding carboxylic acids is 1. The quantitative estimate of drug-likeness (QED) is 0.865. The van der Waals surface area contributed by atoms with Gasteiger partial charge in [-0.3, -0.25) is 4.79 Å². The summed E-state index contributed by atoms with van der Waals surface area (Å²) in [7, 11) is 0. The Morgan fingerprint density at radius 2 is 2.05 bits per heavy atom. The Balaban J connectivity index is 1.67. The number of quaternary nitrogens is 1. The highest BCUT2D eigenvalue weighted by Gasteiger charge is 2.32. The largest absolute Gasteiger partial charge is 0.320 e. The average Bonchev–Trinajstić information content (AvgIpc) is 3.13. The lowest BCUT2D eigenvalue weighted by Crippen LogP contribution is -3.11. The zero-order valence-corrected chi connectivity index (χ0v) is 14.3. The van der Waals surface area contributed by atoms with E-state index in [9.17, 15) is 4.79 Å². The molecule has 0 radical (unpaired) electrons. The van der Waals surface area contributed by atoms with E-state index in [1.807, 2.05) is 0 Å².